The van der Waals surface area contributed by atoms with Crippen molar-refractivity contribution in [2.45, 2.75) is 16.6 Å². The second kappa shape index (κ2) is 8.05. The Morgan fingerprint density at radius 2 is 1.73 bits per heavy atom. The summed E-state index contributed by atoms with van der Waals surface area (Å²) in [5.74, 6) is -0.555. The summed E-state index contributed by atoms with van der Waals surface area (Å²) in [5, 5.41) is -0.0695. The Bertz CT molecular complexity index is 907. The van der Waals surface area contributed by atoms with Crippen molar-refractivity contribution in [2.75, 3.05) is 18.1 Å². The van der Waals surface area contributed by atoms with E-state index in [1.165, 1.54) is 11.8 Å². The predicted molar refractivity (Wildman–Crippen MR) is 100 cm³/mol. The molecule has 1 fully saturated rings. The molecule has 26 heavy (non-hydrogen) atoms. The zero-order chi connectivity index (χ0) is 18.6. The van der Waals surface area contributed by atoms with Gasteiger partial charge in [0, 0.05) is 15.7 Å². The summed E-state index contributed by atoms with van der Waals surface area (Å²) < 4.78 is 28.4. The van der Waals surface area contributed by atoms with Crippen LogP contribution in [0.3, 0.4) is 0 Å². The molecule has 0 amide bonds. The van der Waals surface area contributed by atoms with Crippen LogP contribution < -0.4 is 0 Å². The lowest BCUT2D eigenvalue weighted by atomic mass is 10.1. The van der Waals surface area contributed by atoms with Gasteiger partial charge >= 0.3 is 5.97 Å². The number of ether oxygens (including phenoxy) is 1. The molecular formula is C19H18O5S2. The minimum atomic E-state index is -2.98. The van der Waals surface area contributed by atoms with E-state index in [1.54, 1.807) is 54.6 Å². The average Bonchev–Trinajstić information content (AvgIpc) is 2.99. The van der Waals surface area contributed by atoms with Gasteiger partial charge in [0.25, 0.3) is 0 Å². The van der Waals surface area contributed by atoms with Crippen molar-refractivity contribution < 1.29 is 22.7 Å². The number of ketones is 1. The van der Waals surface area contributed by atoms with Crippen LogP contribution in [0.15, 0.2) is 59.5 Å². The van der Waals surface area contributed by atoms with Gasteiger partial charge in [-0.05, 0) is 18.6 Å². The molecule has 3 rings (SSSR count). The normalized spacial score (nSPS) is 18.4. The van der Waals surface area contributed by atoms with Crippen LogP contribution in [0.1, 0.15) is 27.1 Å². The first-order valence-electron chi connectivity index (χ1n) is 8.16. The van der Waals surface area contributed by atoms with Crippen molar-refractivity contribution in [1.82, 2.24) is 0 Å². The van der Waals surface area contributed by atoms with Crippen LogP contribution >= 0.6 is 11.8 Å². The Morgan fingerprint density at radius 1 is 1.04 bits per heavy atom. The van der Waals surface area contributed by atoms with Gasteiger partial charge in [0.1, 0.15) is 0 Å². The maximum absolute atomic E-state index is 12.4. The predicted octanol–water partition coefficient (Wildman–Crippen LogP) is 3.01. The number of carbonyl (C=O) groups is 2. The van der Waals surface area contributed by atoms with Gasteiger partial charge in [0.15, 0.2) is 22.2 Å². The van der Waals surface area contributed by atoms with Gasteiger partial charge in [-0.2, -0.15) is 0 Å². The highest BCUT2D eigenvalue weighted by atomic mass is 32.2. The van der Waals surface area contributed by atoms with Crippen LogP contribution in [0.25, 0.3) is 0 Å². The second-order valence-electron chi connectivity index (χ2n) is 6.00. The topological polar surface area (TPSA) is 77.5 Å². The van der Waals surface area contributed by atoms with Crippen molar-refractivity contribution in [2.24, 2.45) is 0 Å². The number of rotatable bonds is 6. The van der Waals surface area contributed by atoms with Crippen molar-refractivity contribution in [3.63, 3.8) is 0 Å². The molecular weight excluding hydrogens is 372 g/mol. The third-order valence-corrected chi connectivity index (χ3v) is 7.35. The molecule has 0 aliphatic carbocycles. The molecule has 1 heterocycles. The lowest BCUT2D eigenvalue weighted by Crippen LogP contribution is -2.15. The molecule has 0 radical (unpaired) electrons. The van der Waals surface area contributed by atoms with Crippen LogP contribution in [0.2, 0.25) is 0 Å². The summed E-state index contributed by atoms with van der Waals surface area (Å²) >= 11 is 1.37. The summed E-state index contributed by atoms with van der Waals surface area (Å²) in [5.41, 5.74) is 0.835. The van der Waals surface area contributed by atoms with Crippen LogP contribution in [-0.4, -0.2) is 43.5 Å². The quantitative estimate of drug-likeness (QED) is 0.557. The van der Waals surface area contributed by atoms with E-state index in [4.69, 9.17) is 4.74 Å². The van der Waals surface area contributed by atoms with Gasteiger partial charge in [-0.3, -0.25) is 4.79 Å². The molecule has 0 aromatic heterocycles. The Labute approximate surface area is 156 Å². The van der Waals surface area contributed by atoms with Gasteiger partial charge in [-0.15, -0.1) is 11.8 Å². The van der Waals surface area contributed by atoms with E-state index in [0.717, 1.165) is 0 Å². The maximum atomic E-state index is 12.4. The van der Waals surface area contributed by atoms with Gasteiger partial charge in [0.05, 0.1) is 17.1 Å². The molecule has 0 N–H and O–H groups in total. The molecule has 0 spiro atoms. The summed E-state index contributed by atoms with van der Waals surface area (Å²) in [7, 11) is -2.98. The largest absolute Gasteiger partial charge is 0.454 e. The number of hydrogen-bond acceptors (Lipinski definition) is 6. The molecule has 1 aliphatic rings. The highest BCUT2D eigenvalue weighted by Gasteiger charge is 2.29. The molecule has 0 bridgehead atoms. The minimum absolute atomic E-state index is 0.0695. The van der Waals surface area contributed by atoms with Crippen molar-refractivity contribution in [1.29, 1.82) is 0 Å². The Kier molecular flexibility index (Phi) is 5.78. The highest BCUT2D eigenvalue weighted by molar-refractivity contribution is 8.02. The van der Waals surface area contributed by atoms with Crippen LogP contribution in [0.4, 0.5) is 0 Å². The molecule has 2 aromatic carbocycles. The van der Waals surface area contributed by atoms with Gasteiger partial charge < -0.3 is 4.74 Å². The molecule has 7 heteroatoms. The van der Waals surface area contributed by atoms with Crippen LogP contribution in [0, 0.1) is 0 Å². The van der Waals surface area contributed by atoms with Crippen molar-refractivity contribution in [3.8, 4) is 0 Å². The number of esters is 1. The van der Waals surface area contributed by atoms with E-state index in [9.17, 15) is 18.0 Å². The number of carbonyl (C=O) groups excluding carboxylic acids is 2. The molecule has 1 atom stereocenters. The molecule has 1 aliphatic heterocycles. The lowest BCUT2D eigenvalue weighted by molar-refractivity contribution is 0.0471. The Balaban J connectivity index is 1.65. The number of hydrogen-bond donors (Lipinski definition) is 0. The average molecular weight is 390 g/mol. The van der Waals surface area contributed by atoms with Gasteiger partial charge in [0.2, 0.25) is 0 Å². The second-order valence-corrected chi connectivity index (χ2v) is 9.58. The summed E-state index contributed by atoms with van der Waals surface area (Å²) in [6, 6.07) is 15.5. The zero-order valence-corrected chi connectivity index (χ0v) is 15.6. The first-order chi connectivity index (χ1) is 12.4. The summed E-state index contributed by atoms with van der Waals surface area (Å²) in [4.78, 5) is 25.1. The van der Waals surface area contributed by atoms with Crippen molar-refractivity contribution >= 4 is 33.4 Å². The van der Waals surface area contributed by atoms with Crippen LogP contribution in [0.5, 0.6) is 0 Å². The van der Waals surface area contributed by atoms with Crippen molar-refractivity contribution in [3.05, 3.63) is 65.7 Å². The third-order valence-electron chi connectivity index (χ3n) is 4.02. The molecule has 0 unspecified atom stereocenters. The van der Waals surface area contributed by atoms with E-state index in [0.29, 0.717) is 22.4 Å². The van der Waals surface area contributed by atoms with E-state index in [-0.39, 0.29) is 29.1 Å². The van der Waals surface area contributed by atoms with E-state index >= 15 is 0 Å². The fraction of sp³-hybridized carbons (Fsp3) is 0.263. The van der Waals surface area contributed by atoms with E-state index < -0.39 is 15.8 Å². The Morgan fingerprint density at radius 3 is 2.42 bits per heavy atom. The fourth-order valence-electron chi connectivity index (χ4n) is 2.69. The van der Waals surface area contributed by atoms with E-state index in [2.05, 4.69) is 0 Å². The zero-order valence-electron chi connectivity index (χ0n) is 14.0. The smallest absolute Gasteiger partial charge is 0.339 e. The molecule has 136 valence electrons. The van der Waals surface area contributed by atoms with E-state index in [1.807, 2.05) is 0 Å². The summed E-state index contributed by atoms with van der Waals surface area (Å²) in [6.07, 6.45) is 0.572. The summed E-state index contributed by atoms with van der Waals surface area (Å²) in [6.45, 7) is -0.334. The molecule has 2 aromatic rings. The monoisotopic (exact) mass is 390 g/mol. The lowest BCUT2D eigenvalue weighted by Gasteiger charge is -2.12. The molecule has 5 nitrogen and oxygen atoms in total. The maximum Gasteiger partial charge on any atom is 0.339 e. The standard InChI is InChI=1S/C19H18O5S2/c20-17(14-6-2-1-3-7-14)12-24-19(21)16-8-4-5-9-18(16)25-15-10-11-26(22,23)13-15/h1-9,15H,10-13H2/t15-/m0/s1. The van der Waals surface area contributed by atoms with Gasteiger partial charge in [-0.1, -0.05) is 42.5 Å². The van der Waals surface area contributed by atoms with Gasteiger partial charge in [-0.25, -0.2) is 13.2 Å². The third kappa shape index (κ3) is 4.74. The SMILES string of the molecule is O=C(COC(=O)c1ccccc1S[C@H]1CCS(=O)(=O)C1)c1ccccc1. The van der Waals surface area contributed by atoms with Crippen LogP contribution in [-0.2, 0) is 14.6 Å². The first-order valence-corrected chi connectivity index (χ1v) is 10.9. The number of benzene rings is 2. The number of sulfone groups is 1. The number of Topliss-reactive ketones (excluding diaryl/α,β-unsaturated/α-hetero) is 1. The highest BCUT2D eigenvalue weighted by Crippen LogP contribution is 2.33. The molecule has 0 saturated carbocycles. The first kappa shape index (κ1) is 18.7. The molecule has 1 saturated heterocycles. The minimum Gasteiger partial charge on any atom is -0.454 e. The fourth-order valence-corrected chi connectivity index (χ4v) is 6.30. The Hall–Kier alpha value is -2.12. The number of thioether (sulfide) groups is 1.